The summed E-state index contributed by atoms with van der Waals surface area (Å²) < 4.78 is 26.7. The number of anilines is 3. The predicted molar refractivity (Wildman–Crippen MR) is 123 cm³/mol. The fourth-order valence-corrected chi connectivity index (χ4v) is 3.42. The van der Waals surface area contributed by atoms with Crippen LogP contribution in [0, 0.1) is 11.6 Å². The standard InChI is InChI=1S/C21H12Cl4F2N4/c22-12-3-2-11(6-13(12)23)29-21-20(28-9-10-1-4-16(26)17(27)5-10)30-18-7-14(24)15(25)8-19(18)31-21/h1-8H,9H2,(H,28,30)(H,29,31). The van der Waals surface area contributed by atoms with E-state index in [0.717, 1.165) is 12.1 Å². The Hall–Kier alpha value is -2.38. The zero-order chi connectivity index (χ0) is 22.1. The fourth-order valence-electron chi connectivity index (χ4n) is 2.81. The summed E-state index contributed by atoms with van der Waals surface area (Å²) in [5.74, 6) is -1.12. The largest absolute Gasteiger partial charge is 0.363 e. The van der Waals surface area contributed by atoms with Crippen molar-refractivity contribution >= 4 is 74.8 Å². The molecule has 4 nitrogen and oxygen atoms in total. The van der Waals surface area contributed by atoms with Crippen LogP contribution in [0.5, 0.6) is 0 Å². The molecule has 4 rings (SSSR count). The van der Waals surface area contributed by atoms with Crippen molar-refractivity contribution < 1.29 is 8.78 Å². The van der Waals surface area contributed by atoms with Crippen LogP contribution in [0.3, 0.4) is 0 Å². The zero-order valence-corrected chi connectivity index (χ0v) is 18.5. The third kappa shape index (κ3) is 4.93. The Kier molecular flexibility index (Phi) is 6.34. The molecule has 0 amide bonds. The Labute approximate surface area is 196 Å². The molecule has 10 heteroatoms. The van der Waals surface area contributed by atoms with Crippen LogP contribution >= 0.6 is 46.4 Å². The molecular weight excluding hydrogens is 488 g/mol. The summed E-state index contributed by atoms with van der Waals surface area (Å²) in [6.45, 7) is 0.175. The summed E-state index contributed by atoms with van der Waals surface area (Å²) in [5.41, 5.74) is 2.16. The molecule has 1 aromatic heterocycles. The topological polar surface area (TPSA) is 49.8 Å². The second kappa shape index (κ2) is 9.01. The lowest BCUT2D eigenvalue weighted by Crippen LogP contribution is -2.07. The molecule has 0 aliphatic heterocycles. The van der Waals surface area contributed by atoms with Crippen LogP contribution in [0.25, 0.3) is 11.0 Å². The highest BCUT2D eigenvalue weighted by molar-refractivity contribution is 6.43. The average Bonchev–Trinajstić information content (AvgIpc) is 2.73. The SMILES string of the molecule is Fc1ccc(CNc2nc3cc(Cl)c(Cl)cc3nc2Nc2ccc(Cl)c(Cl)c2)cc1F. The molecule has 1 heterocycles. The lowest BCUT2D eigenvalue weighted by Gasteiger charge is -2.14. The third-order valence-electron chi connectivity index (χ3n) is 4.33. The molecule has 158 valence electrons. The van der Waals surface area contributed by atoms with E-state index in [-0.39, 0.29) is 6.54 Å². The van der Waals surface area contributed by atoms with Gasteiger partial charge in [-0.15, -0.1) is 0 Å². The summed E-state index contributed by atoms with van der Waals surface area (Å²) in [5, 5.41) is 7.67. The van der Waals surface area contributed by atoms with Gasteiger partial charge in [0.25, 0.3) is 0 Å². The van der Waals surface area contributed by atoms with E-state index in [0.29, 0.717) is 54.0 Å². The van der Waals surface area contributed by atoms with Gasteiger partial charge in [-0.25, -0.2) is 18.7 Å². The Morgan fingerprint density at radius 1 is 0.677 bits per heavy atom. The van der Waals surface area contributed by atoms with Crippen molar-refractivity contribution in [2.75, 3.05) is 10.6 Å². The van der Waals surface area contributed by atoms with Crippen molar-refractivity contribution in [3.63, 3.8) is 0 Å². The maximum Gasteiger partial charge on any atom is 0.174 e. The highest BCUT2D eigenvalue weighted by Crippen LogP contribution is 2.32. The van der Waals surface area contributed by atoms with Crippen LogP contribution in [-0.4, -0.2) is 9.97 Å². The molecular formula is C21H12Cl4F2N4. The lowest BCUT2D eigenvalue weighted by molar-refractivity contribution is 0.507. The van der Waals surface area contributed by atoms with Gasteiger partial charge in [0.1, 0.15) is 0 Å². The summed E-state index contributed by atoms with van der Waals surface area (Å²) >= 11 is 24.3. The molecule has 0 radical (unpaired) electrons. The first-order valence-electron chi connectivity index (χ1n) is 8.87. The van der Waals surface area contributed by atoms with Gasteiger partial charge < -0.3 is 10.6 Å². The number of benzene rings is 3. The molecule has 0 saturated carbocycles. The van der Waals surface area contributed by atoms with Crippen molar-refractivity contribution in [2.45, 2.75) is 6.54 Å². The smallest absolute Gasteiger partial charge is 0.174 e. The molecule has 2 N–H and O–H groups in total. The second-order valence-electron chi connectivity index (χ2n) is 6.53. The van der Waals surface area contributed by atoms with Crippen LogP contribution in [0.2, 0.25) is 20.1 Å². The molecule has 0 aliphatic carbocycles. The van der Waals surface area contributed by atoms with E-state index in [1.54, 1.807) is 30.3 Å². The van der Waals surface area contributed by atoms with Gasteiger partial charge in [-0.05, 0) is 48.0 Å². The Morgan fingerprint density at radius 3 is 1.97 bits per heavy atom. The lowest BCUT2D eigenvalue weighted by atomic mass is 10.2. The monoisotopic (exact) mass is 498 g/mol. The number of hydrogen-bond acceptors (Lipinski definition) is 4. The van der Waals surface area contributed by atoms with Crippen molar-refractivity contribution in [1.82, 2.24) is 9.97 Å². The Balaban J connectivity index is 1.72. The first-order valence-corrected chi connectivity index (χ1v) is 10.4. The van der Waals surface area contributed by atoms with E-state index in [9.17, 15) is 8.78 Å². The van der Waals surface area contributed by atoms with Gasteiger partial charge in [-0.2, -0.15) is 0 Å². The maximum absolute atomic E-state index is 13.5. The van der Waals surface area contributed by atoms with E-state index in [1.807, 2.05) is 0 Å². The molecule has 3 aromatic carbocycles. The van der Waals surface area contributed by atoms with Crippen molar-refractivity contribution in [3.8, 4) is 0 Å². The first-order chi connectivity index (χ1) is 14.8. The van der Waals surface area contributed by atoms with Gasteiger partial charge in [-0.1, -0.05) is 52.5 Å². The first kappa shape index (κ1) is 21.8. The number of halogens is 6. The Bertz CT molecular complexity index is 1300. The zero-order valence-electron chi connectivity index (χ0n) is 15.5. The number of aromatic nitrogens is 2. The molecule has 0 aliphatic rings. The van der Waals surface area contributed by atoms with Gasteiger partial charge in [0.2, 0.25) is 0 Å². The molecule has 4 aromatic rings. The molecule has 0 spiro atoms. The number of rotatable bonds is 5. The van der Waals surface area contributed by atoms with E-state index in [4.69, 9.17) is 46.4 Å². The van der Waals surface area contributed by atoms with E-state index in [2.05, 4.69) is 20.6 Å². The molecule has 31 heavy (non-hydrogen) atoms. The van der Waals surface area contributed by atoms with Gasteiger partial charge in [0.05, 0.1) is 31.1 Å². The Morgan fingerprint density at radius 2 is 1.32 bits per heavy atom. The molecule has 0 bridgehead atoms. The van der Waals surface area contributed by atoms with Crippen molar-refractivity contribution in [2.24, 2.45) is 0 Å². The number of nitrogens with one attached hydrogen (secondary N) is 2. The van der Waals surface area contributed by atoms with E-state index in [1.165, 1.54) is 6.07 Å². The molecule has 0 atom stereocenters. The predicted octanol–water partition coefficient (Wildman–Crippen LogP) is 7.88. The van der Waals surface area contributed by atoms with E-state index >= 15 is 0 Å². The highest BCUT2D eigenvalue weighted by Gasteiger charge is 2.13. The second-order valence-corrected chi connectivity index (χ2v) is 8.16. The number of fused-ring (bicyclic) bond motifs is 1. The molecule has 0 fully saturated rings. The van der Waals surface area contributed by atoms with Gasteiger partial charge in [-0.3, -0.25) is 0 Å². The summed E-state index contributed by atoms with van der Waals surface area (Å²) in [6.07, 6.45) is 0. The quantitative estimate of drug-likeness (QED) is 0.293. The molecule has 0 unspecified atom stereocenters. The third-order valence-corrected chi connectivity index (χ3v) is 5.79. The van der Waals surface area contributed by atoms with Crippen LogP contribution in [0.4, 0.5) is 26.1 Å². The summed E-state index contributed by atoms with van der Waals surface area (Å²) in [6, 6.07) is 11.9. The van der Waals surface area contributed by atoms with Crippen LogP contribution in [-0.2, 0) is 6.54 Å². The summed E-state index contributed by atoms with van der Waals surface area (Å²) in [7, 11) is 0. The molecule has 0 saturated heterocycles. The minimum absolute atomic E-state index is 0.175. The summed E-state index contributed by atoms with van der Waals surface area (Å²) in [4.78, 5) is 9.14. The number of nitrogens with zero attached hydrogens (tertiary/aromatic N) is 2. The van der Waals surface area contributed by atoms with Crippen LogP contribution < -0.4 is 10.6 Å². The van der Waals surface area contributed by atoms with Crippen LogP contribution in [0.1, 0.15) is 5.56 Å². The van der Waals surface area contributed by atoms with Crippen molar-refractivity contribution in [3.05, 3.63) is 85.8 Å². The van der Waals surface area contributed by atoms with Crippen LogP contribution in [0.15, 0.2) is 48.5 Å². The van der Waals surface area contributed by atoms with Gasteiger partial charge in [0.15, 0.2) is 23.3 Å². The minimum Gasteiger partial charge on any atom is -0.363 e. The van der Waals surface area contributed by atoms with Crippen molar-refractivity contribution in [1.29, 1.82) is 0 Å². The highest BCUT2D eigenvalue weighted by atomic mass is 35.5. The normalized spacial score (nSPS) is 11.0. The van der Waals surface area contributed by atoms with E-state index < -0.39 is 11.6 Å². The fraction of sp³-hybridized carbons (Fsp3) is 0.0476. The maximum atomic E-state index is 13.5. The van der Waals surface area contributed by atoms with Gasteiger partial charge >= 0.3 is 0 Å². The number of hydrogen-bond donors (Lipinski definition) is 2. The minimum atomic E-state index is -0.931. The average molecular weight is 500 g/mol. The van der Waals surface area contributed by atoms with Gasteiger partial charge in [0, 0.05) is 12.2 Å².